The molecule has 1 amide bonds. The zero-order chi connectivity index (χ0) is 26.6. The number of carbonyl (C=O) groups excluding carboxylic acids is 2. The van der Waals surface area contributed by atoms with Gasteiger partial charge in [-0.05, 0) is 28.8 Å². The molecule has 35 heavy (non-hydrogen) atoms. The normalized spacial score (nSPS) is 12.8. The highest BCUT2D eigenvalue weighted by Crippen LogP contribution is 2.25. The molecule has 1 atom stereocenters. The molecule has 2 aromatic carbocycles. The van der Waals surface area contributed by atoms with Crippen LogP contribution in [0.25, 0.3) is 0 Å². The summed E-state index contributed by atoms with van der Waals surface area (Å²) in [5.74, 6) is -3.61. The second-order valence-electron chi connectivity index (χ2n) is 10.4. The van der Waals surface area contributed by atoms with E-state index < -0.39 is 55.2 Å². The Morgan fingerprint density at radius 2 is 1.57 bits per heavy atom. The molecule has 6 nitrogen and oxygen atoms in total. The molecule has 0 bridgehead atoms. The van der Waals surface area contributed by atoms with Crippen LogP contribution in [0.1, 0.15) is 43.0 Å². The molecule has 190 valence electrons. The first-order valence-electron chi connectivity index (χ1n) is 11.3. The number of methoxy groups -OCH3 is 1. The number of carboxylic acid groups (broad SMARTS) is 1. The summed E-state index contributed by atoms with van der Waals surface area (Å²) < 4.78 is 34.6. The molecule has 0 unspecified atom stereocenters. The molecule has 2 N–H and O–H groups in total. The van der Waals surface area contributed by atoms with E-state index in [0.717, 1.165) is 5.56 Å². The summed E-state index contributed by atoms with van der Waals surface area (Å²) in [5, 5.41) is 11.9. The van der Waals surface area contributed by atoms with Crippen LogP contribution in [0.5, 0.6) is 0 Å². The van der Waals surface area contributed by atoms with E-state index in [1.54, 1.807) is 31.4 Å². The van der Waals surface area contributed by atoms with E-state index in [1.165, 1.54) is 26.0 Å². The van der Waals surface area contributed by atoms with Crippen LogP contribution in [-0.4, -0.2) is 37.9 Å². The number of hydrogen-bond acceptors (Lipinski definition) is 4. The number of rotatable bonds is 11. The molecule has 0 aliphatic heterocycles. The summed E-state index contributed by atoms with van der Waals surface area (Å²) in [5.41, 5.74) is 0.199. The Morgan fingerprint density at radius 1 is 1.03 bits per heavy atom. The molecule has 0 heterocycles. The summed E-state index contributed by atoms with van der Waals surface area (Å²) in [6.07, 6.45) is -0.745. The molecule has 0 fully saturated rings. The lowest BCUT2D eigenvalue weighted by Gasteiger charge is -2.26. The molecular weight excluding hydrogens is 472 g/mol. The van der Waals surface area contributed by atoms with Crippen molar-refractivity contribution in [2.24, 2.45) is 5.41 Å². The number of ether oxygens (including phenoxy) is 1. The van der Waals surface area contributed by atoms with E-state index in [1.807, 2.05) is 19.6 Å². The number of hydrogen-bond donors (Lipinski definition) is 2. The first-order chi connectivity index (χ1) is 16.2. The molecule has 0 saturated carbocycles. The molecular formula is C26H33F2NO5Si. The van der Waals surface area contributed by atoms with Gasteiger partial charge in [-0.25, -0.2) is 8.78 Å². The summed E-state index contributed by atoms with van der Waals surface area (Å²) in [6.45, 7) is 8.79. The van der Waals surface area contributed by atoms with Crippen LogP contribution >= 0.6 is 0 Å². The highest BCUT2D eigenvalue weighted by atomic mass is 28.3. The lowest BCUT2D eigenvalue weighted by molar-refractivity contribution is -0.144. The Kier molecular flexibility index (Phi) is 9.08. The summed E-state index contributed by atoms with van der Waals surface area (Å²) in [6, 6.07) is 8.03. The molecule has 0 aliphatic carbocycles. The number of aliphatic carboxylic acids is 1. The maximum absolute atomic E-state index is 14.7. The highest BCUT2D eigenvalue weighted by Gasteiger charge is 2.34. The van der Waals surface area contributed by atoms with Gasteiger partial charge in [0.1, 0.15) is 17.7 Å². The maximum Gasteiger partial charge on any atom is 0.304 e. The van der Waals surface area contributed by atoms with Gasteiger partial charge in [-0.1, -0.05) is 57.8 Å². The first kappa shape index (κ1) is 28.3. The van der Waals surface area contributed by atoms with Gasteiger partial charge in [-0.2, -0.15) is 0 Å². The number of ketones is 1. The number of nitrogens with one attached hydrogen (secondary N) is 1. The third kappa shape index (κ3) is 7.53. The van der Waals surface area contributed by atoms with Gasteiger partial charge in [0, 0.05) is 18.7 Å². The Hall–Kier alpha value is -2.91. The zero-order valence-corrected chi connectivity index (χ0v) is 22.0. The van der Waals surface area contributed by atoms with Crippen molar-refractivity contribution < 1.29 is 33.0 Å². The van der Waals surface area contributed by atoms with E-state index in [0.29, 0.717) is 12.2 Å². The van der Waals surface area contributed by atoms with Gasteiger partial charge in [0.25, 0.3) is 0 Å². The molecule has 2 aromatic rings. The third-order valence-electron chi connectivity index (χ3n) is 5.66. The fraction of sp³-hybridized carbons (Fsp3) is 0.423. The number of Topliss-reactive ketones (excluding diaryl/α,β-unsaturated/α-hetero) is 1. The lowest BCUT2D eigenvalue weighted by Crippen LogP contribution is -2.43. The van der Waals surface area contributed by atoms with Gasteiger partial charge in [0.2, 0.25) is 5.91 Å². The van der Waals surface area contributed by atoms with Crippen molar-refractivity contribution in [1.29, 1.82) is 0 Å². The summed E-state index contributed by atoms with van der Waals surface area (Å²) in [7, 11) is -0.726. The molecule has 0 aliphatic rings. The standard InChI is InChI=1S/C26H33F2NO5Si/c1-26(2,14-22(31)32)25(33)29-23(18-9-7-16(8-10-18)15-34-3)21(30)13-17-11-19(27)24(20(28)12-17)35(4,5)6/h7-12,23H,13-15H2,1-6H3,(H,29,33)(H,31,32)/t23-/m1/s1. The van der Waals surface area contributed by atoms with Crippen molar-refractivity contribution in [2.75, 3.05) is 7.11 Å². The minimum Gasteiger partial charge on any atom is -0.481 e. The van der Waals surface area contributed by atoms with E-state index >= 15 is 0 Å². The number of amides is 1. The average Bonchev–Trinajstić information content (AvgIpc) is 2.70. The minimum absolute atomic E-state index is 0.0719. The van der Waals surface area contributed by atoms with Gasteiger partial charge < -0.3 is 15.2 Å². The number of carbonyl (C=O) groups is 3. The minimum atomic E-state index is -2.28. The number of carboxylic acids is 1. The van der Waals surface area contributed by atoms with Gasteiger partial charge in [-0.3, -0.25) is 14.4 Å². The fourth-order valence-corrected chi connectivity index (χ4v) is 5.43. The number of benzene rings is 2. The van der Waals surface area contributed by atoms with Crippen LogP contribution in [0.2, 0.25) is 19.6 Å². The number of halogens is 2. The third-order valence-corrected chi connectivity index (χ3v) is 7.64. The van der Waals surface area contributed by atoms with Crippen molar-refractivity contribution in [1.82, 2.24) is 5.32 Å². The van der Waals surface area contributed by atoms with Crippen molar-refractivity contribution in [3.63, 3.8) is 0 Å². The van der Waals surface area contributed by atoms with Crippen molar-refractivity contribution in [3.8, 4) is 0 Å². The Bertz CT molecular complexity index is 1070. The summed E-state index contributed by atoms with van der Waals surface area (Å²) >= 11 is 0. The Morgan fingerprint density at radius 3 is 2.03 bits per heavy atom. The van der Waals surface area contributed by atoms with Gasteiger partial charge >= 0.3 is 5.97 Å². The average molecular weight is 506 g/mol. The van der Waals surface area contributed by atoms with Crippen molar-refractivity contribution >= 4 is 30.9 Å². The molecule has 0 spiro atoms. The van der Waals surface area contributed by atoms with E-state index in [2.05, 4.69) is 5.32 Å². The zero-order valence-electron chi connectivity index (χ0n) is 21.0. The lowest BCUT2D eigenvalue weighted by atomic mass is 9.87. The quantitative estimate of drug-likeness (QED) is 0.448. The Balaban J connectivity index is 2.39. The van der Waals surface area contributed by atoms with E-state index in [4.69, 9.17) is 9.84 Å². The molecule has 0 saturated heterocycles. The predicted octanol–water partition coefficient (Wildman–Crippen LogP) is 4.13. The van der Waals surface area contributed by atoms with Gasteiger partial charge in [0.15, 0.2) is 5.78 Å². The van der Waals surface area contributed by atoms with Crippen LogP contribution in [-0.2, 0) is 32.1 Å². The monoisotopic (exact) mass is 505 g/mol. The largest absolute Gasteiger partial charge is 0.481 e. The molecule has 2 rings (SSSR count). The second kappa shape index (κ2) is 11.2. The second-order valence-corrected chi connectivity index (χ2v) is 15.4. The molecule has 0 aromatic heterocycles. The van der Waals surface area contributed by atoms with Crippen LogP contribution in [0, 0.1) is 17.0 Å². The smallest absolute Gasteiger partial charge is 0.304 e. The SMILES string of the molecule is COCc1ccc([C@@H](NC(=O)C(C)(C)CC(=O)O)C(=O)Cc2cc(F)c([Si](C)(C)C)c(F)c2)cc1. The molecule has 9 heteroatoms. The van der Waals surface area contributed by atoms with Crippen LogP contribution in [0.15, 0.2) is 36.4 Å². The van der Waals surface area contributed by atoms with Crippen LogP contribution < -0.4 is 10.5 Å². The van der Waals surface area contributed by atoms with Crippen LogP contribution in [0.3, 0.4) is 0 Å². The van der Waals surface area contributed by atoms with Gasteiger partial charge in [-0.15, -0.1) is 0 Å². The van der Waals surface area contributed by atoms with Crippen molar-refractivity contribution in [2.45, 2.75) is 59.0 Å². The van der Waals surface area contributed by atoms with Gasteiger partial charge in [0.05, 0.1) is 26.5 Å². The maximum atomic E-state index is 14.7. The topological polar surface area (TPSA) is 92.7 Å². The summed E-state index contributed by atoms with van der Waals surface area (Å²) in [4.78, 5) is 37.4. The molecule has 0 radical (unpaired) electrons. The highest BCUT2D eigenvalue weighted by molar-refractivity contribution is 6.88. The van der Waals surface area contributed by atoms with E-state index in [9.17, 15) is 23.2 Å². The predicted molar refractivity (Wildman–Crippen MR) is 132 cm³/mol. The van der Waals surface area contributed by atoms with Crippen LogP contribution in [0.4, 0.5) is 8.78 Å². The van der Waals surface area contributed by atoms with Crippen molar-refractivity contribution in [3.05, 3.63) is 64.7 Å². The van der Waals surface area contributed by atoms with E-state index in [-0.39, 0.29) is 17.2 Å². The Labute approximate surface area is 205 Å². The first-order valence-corrected chi connectivity index (χ1v) is 14.8. The fourth-order valence-electron chi connectivity index (χ4n) is 3.85.